The van der Waals surface area contributed by atoms with Crippen molar-refractivity contribution in [1.29, 1.82) is 0 Å². The van der Waals surface area contributed by atoms with Gasteiger partial charge in [0, 0.05) is 11.3 Å². The van der Waals surface area contributed by atoms with E-state index in [1.54, 1.807) is 0 Å². The van der Waals surface area contributed by atoms with Crippen LogP contribution in [-0.4, -0.2) is 11.8 Å². The van der Waals surface area contributed by atoms with Gasteiger partial charge in [0.05, 0.1) is 23.4 Å². The zero-order valence-corrected chi connectivity index (χ0v) is 16.0. The maximum atomic E-state index is 13.1. The number of halogens is 4. The summed E-state index contributed by atoms with van der Waals surface area (Å²) in [4.78, 5) is 24.4. The molecule has 0 aliphatic heterocycles. The van der Waals surface area contributed by atoms with Crippen molar-refractivity contribution in [3.63, 3.8) is 0 Å². The van der Waals surface area contributed by atoms with E-state index < -0.39 is 29.4 Å². The minimum Gasteiger partial charge on any atom is -0.397 e. The van der Waals surface area contributed by atoms with Crippen LogP contribution in [0.4, 0.5) is 34.6 Å². The van der Waals surface area contributed by atoms with Gasteiger partial charge in [0.25, 0.3) is 5.91 Å². The number of rotatable bonds is 5. The van der Waals surface area contributed by atoms with Gasteiger partial charge in [-0.25, -0.2) is 4.39 Å². The molecule has 0 radical (unpaired) electrons. The minimum atomic E-state index is -4.43. The van der Waals surface area contributed by atoms with Crippen LogP contribution in [0.1, 0.15) is 21.5 Å². The number of amides is 2. The summed E-state index contributed by atoms with van der Waals surface area (Å²) < 4.78 is 50.9. The molecule has 3 aromatic rings. The van der Waals surface area contributed by atoms with E-state index >= 15 is 0 Å². The number of hydrogen-bond donors (Lipinski definition) is 3. The van der Waals surface area contributed by atoms with E-state index in [4.69, 9.17) is 5.73 Å². The number of anilines is 3. The highest BCUT2D eigenvalue weighted by Crippen LogP contribution is 2.29. The van der Waals surface area contributed by atoms with Crippen LogP contribution in [0.25, 0.3) is 0 Å². The van der Waals surface area contributed by atoms with Crippen LogP contribution in [0.5, 0.6) is 0 Å². The molecular weight excluding hydrogens is 414 g/mol. The van der Waals surface area contributed by atoms with Crippen LogP contribution in [0.15, 0.2) is 66.7 Å². The quantitative estimate of drug-likeness (QED) is 0.399. The molecule has 4 N–H and O–H groups in total. The Kier molecular flexibility index (Phi) is 6.24. The second-order valence-corrected chi connectivity index (χ2v) is 6.68. The molecule has 5 nitrogen and oxygen atoms in total. The van der Waals surface area contributed by atoms with Crippen LogP contribution in [0.2, 0.25) is 0 Å². The van der Waals surface area contributed by atoms with Crippen LogP contribution < -0.4 is 16.4 Å². The third-order valence-electron chi connectivity index (χ3n) is 4.34. The summed E-state index contributed by atoms with van der Waals surface area (Å²) in [5.41, 5.74) is 6.35. The van der Waals surface area contributed by atoms with E-state index in [0.717, 1.165) is 18.2 Å². The Bertz CT molecular complexity index is 1100. The highest BCUT2D eigenvalue weighted by molar-refractivity contribution is 6.06. The van der Waals surface area contributed by atoms with Gasteiger partial charge in [-0.15, -0.1) is 0 Å². The second kappa shape index (κ2) is 8.86. The molecule has 0 aliphatic rings. The van der Waals surface area contributed by atoms with Gasteiger partial charge in [-0.2, -0.15) is 13.2 Å². The Balaban J connectivity index is 1.58. The highest BCUT2D eigenvalue weighted by Gasteiger charge is 2.29. The second-order valence-electron chi connectivity index (χ2n) is 6.68. The summed E-state index contributed by atoms with van der Waals surface area (Å²) in [6.45, 7) is 0. The summed E-state index contributed by atoms with van der Waals surface area (Å²) >= 11 is 0. The standard InChI is InChI=1S/C22H17F4N3O2/c23-16-7-10-19(18(27)12-16)29-21(31)14-3-8-17(9-4-14)28-20(30)11-13-1-5-15(6-2-13)22(24,25)26/h1-10,12H,11,27H2,(H,28,30)(H,29,31). The smallest absolute Gasteiger partial charge is 0.397 e. The lowest BCUT2D eigenvalue weighted by Crippen LogP contribution is -2.16. The zero-order chi connectivity index (χ0) is 22.6. The fourth-order valence-electron chi connectivity index (χ4n) is 2.75. The highest BCUT2D eigenvalue weighted by atomic mass is 19.4. The van der Waals surface area contributed by atoms with Gasteiger partial charge in [0.2, 0.25) is 5.91 Å². The maximum Gasteiger partial charge on any atom is 0.416 e. The van der Waals surface area contributed by atoms with Crippen molar-refractivity contribution < 1.29 is 27.2 Å². The molecule has 2 amide bonds. The van der Waals surface area contributed by atoms with E-state index in [9.17, 15) is 27.2 Å². The molecule has 0 saturated carbocycles. The lowest BCUT2D eigenvalue weighted by atomic mass is 10.1. The van der Waals surface area contributed by atoms with Gasteiger partial charge in [-0.05, 0) is 60.2 Å². The number of benzene rings is 3. The van der Waals surface area contributed by atoms with Gasteiger partial charge in [0.1, 0.15) is 5.82 Å². The van der Waals surface area contributed by atoms with Gasteiger partial charge in [-0.3, -0.25) is 9.59 Å². The predicted octanol–water partition coefficient (Wildman–Crippen LogP) is 4.86. The molecule has 0 unspecified atom stereocenters. The first-order chi connectivity index (χ1) is 14.6. The Labute approximate surface area is 174 Å². The first-order valence-electron chi connectivity index (χ1n) is 9.04. The van der Waals surface area contributed by atoms with Gasteiger partial charge in [0.15, 0.2) is 0 Å². The third-order valence-corrected chi connectivity index (χ3v) is 4.34. The van der Waals surface area contributed by atoms with Gasteiger partial charge in [-0.1, -0.05) is 12.1 Å². The number of nitrogens with two attached hydrogens (primary N) is 1. The summed E-state index contributed by atoms with van der Waals surface area (Å²) in [5, 5.41) is 5.18. The number of alkyl halides is 3. The molecule has 0 saturated heterocycles. The summed E-state index contributed by atoms with van der Waals surface area (Å²) in [6, 6.07) is 13.9. The van der Waals surface area contributed by atoms with Crippen molar-refractivity contribution in [3.05, 3.63) is 89.2 Å². The summed E-state index contributed by atoms with van der Waals surface area (Å²) in [5.74, 6) is -1.41. The Morgan fingerprint density at radius 1 is 0.871 bits per heavy atom. The minimum absolute atomic E-state index is 0.0838. The fraction of sp³-hybridized carbons (Fsp3) is 0.0909. The number of nitrogens with one attached hydrogen (secondary N) is 2. The molecule has 0 fully saturated rings. The number of nitrogen functional groups attached to an aromatic ring is 1. The lowest BCUT2D eigenvalue weighted by molar-refractivity contribution is -0.137. The van der Waals surface area contributed by atoms with Crippen LogP contribution in [-0.2, 0) is 17.4 Å². The number of carbonyl (C=O) groups is 2. The van der Waals surface area contributed by atoms with Gasteiger partial charge >= 0.3 is 6.18 Å². The molecule has 0 atom stereocenters. The average Bonchev–Trinajstić information content (AvgIpc) is 2.70. The Morgan fingerprint density at radius 2 is 1.52 bits per heavy atom. The first kappa shape index (κ1) is 21.8. The molecule has 0 aliphatic carbocycles. The monoisotopic (exact) mass is 431 g/mol. The topological polar surface area (TPSA) is 84.2 Å². The van der Waals surface area contributed by atoms with Crippen molar-refractivity contribution in [2.45, 2.75) is 12.6 Å². The summed E-state index contributed by atoms with van der Waals surface area (Å²) in [6.07, 6.45) is -4.54. The number of hydrogen-bond acceptors (Lipinski definition) is 3. The SMILES string of the molecule is Nc1cc(F)ccc1NC(=O)c1ccc(NC(=O)Cc2ccc(C(F)(F)F)cc2)cc1. The average molecular weight is 431 g/mol. The first-order valence-corrected chi connectivity index (χ1v) is 9.04. The van der Waals surface area contributed by atoms with Crippen LogP contribution in [0, 0.1) is 5.82 Å². The van der Waals surface area contributed by atoms with E-state index in [-0.39, 0.29) is 23.4 Å². The van der Waals surface area contributed by atoms with E-state index in [1.165, 1.54) is 48.5 Å². The molecule has 0 bridgehead atoms. The van der Waals surface area contributed by atoms with Crippen molar-refractivity contribution in [1.82, 2.24) is 0 Å². The van der Waals surface area contributed by atoms with E-state index in [2.05, 4.69) is 10.6 Å². The van der Waals surface area contributed by atoms with Crippen molar-refractivity contribution >= 4 is 28.9 Å². The fourth-order valence-corrected chi connectivity index (χ4v) is 2.75. The van der Waals surface area contributed by atoms with Crippen LogP contribution in [0.3, 0.4) is 0 Å². The Hall–Kier alpha value is -3.88. The maximum absolute atomic E-state index is 13.1. The largest absolute Gasteiger partial charge is 0.416 e. The molecule has 0 spiro atoms. The number of carbonyl (C=O) groups excluding carboxylic acids is 2. The molecule has 0 heterocycles. The zero-order valence-electron chi connectivity index (χ0n) is 16.0. The predicted molar refractivity (Wildman–Crippen MR) is 109 cm³/mol. The summed E-state index contributed by atoms with van der Waals surface area (Å²) in [7, 11) is 0. The molecule has 0 aromatic heterocycles. The molecule has 9 heteroatoms. The third kappa shape index (κ3) is 5.81. The molecular formula is C22H17F4N3O2. The van der Waals surface area contributed by atoms with E-state index in [1.807, 2.05) is 0 Å². The molecule has 31 heavy (non-hydrogen) atoms. The normalized spacial score (nSPS) is 11.1. The van der Waals surface area contributed by atoms with Gasteiger partial charge < -0.3 is 16.4 Å². The van der Waals surface area contributed by atoms with E-state index in [0.29, 0.717) is 11.3 Å². The molecule has 160 valence electrons. The lowest BCUT2D eigenvalue weighted by Gasteiger charge is -2.10. The molecule has 3 aromatic carbocycles. The van der Waals surface area contributed by atoms with Crippen molar-refractivity contribution in [3.8, 4) is 0 Å². The molecule has 3 rings (SSSR count). The van der Waals surface area contributed by atoms with Crippen molar-refractivity contribution in [2.24, 2.45) is 0 Å². The Morgan fingerprint density at radius 3 is 2.10 bits per heavy atom. The van der Waals surface area contributed by atoms with Crippen LogP contribution >= 0.6 is 0 Å². The van der Waals surface area contributed by atoms with Crippen molar-refractivity contribution in [2.75, 3.05) is 16.4 Å².